The Bertz CT molecular complexity index is 806. The van der Waals surface area contributed by atoms with Crippen LogP contribution >= 0.6 is 11.8 Å². The van der Waals surface area contributed by atoms with Crippen LogP contribution in [0.1, 0.15) is 22.8 Å². The Morgan fingerprint density at radius 2 is 2.11 bits per heavy atom. The van der Waals surface area contributed by atoms with Crippen molar-refractivity contribution in [2.24, 2.45) is 0 Å². The van der Waals surface area contributed by atoms with Crippen LogP contribution in [0, 0.1) is 17.0 Å². The Balaban J connectivity index is 2.02. The van der Waals surface area contributed by atoms with Crippen LogP contribution in [0.2, 0.25) is 0 Å². The van der Waals surface area contributed by atoms with Crippen LogP contribution < -0.4 is 0 Å². The van der Waals surface area contributed by atoms with Gasteiger partial charge < -0.3 is 14.4 Å². The zero-order valence-corrected chi connectivity index (χ0v) is 15.6. The summed E-state index contributed by atoms with van der Waals surface area (Å²) in [7, 11) is 0. The minimum atomic E-state index is -0.847. The number of ether oxygens (including phenoxy) is 2. The Labute approximate surface area is 159 Å². The molecule has 0 N–H and O–H groups in total. The van der Waals surface area contributed by atoms with Gasteiger partial charge in [-0.15, -0.1) is 0 Å². The average molecular weight is 394 g/mol. The largest absolute Gasteiger partial charge is 0.463 e. The smallest absolute Gasteiger partial charge is 0.345 e. The van der Waals surface area contributed by atoms with Crippen molar-refractivity contribution in [2.75, 3.05) is 25.5 Å². The number of nitrogens with zero attached hydrogens (tertiary/aromatic N) is 2. The number of nitro groups is 1. The monoisotopic (exact) mass is 394 g/mol. The minimum absolute atomic E-state index is 0.0302. The SMILES string of the molecule is CCOC(=O)/C=C1\SCC(=O)N1CCOC(=O)c1cccc(C)c1[N+](=O)[O-]. The lowest BCUT2D eigenvalue weighted by atomic mass is 10.1. The van der Waals surface area contributed by atoms with E-state index in [0.717, 1.165) is 0 Å². The zero-order chi connectivity index (χ0) is 20.0. The molecule has 1 aromatic rings. The summed E-state index contributed by atoms with van der Waals surface area (Å²) in [5.74, 6) is -1.47. The van der Waals surface area contributed by atoms with E-state index in [4.69, 9.17) is 9.47 Å². The van der Waals surface area contributed by atoms with Crippen molar-refractivity contribution in [2.45, 2.75) is 13.8 Å². The van der Waals surface area contributed by atoms with Gasteiger partial charge >= 0.3 is 11.9 Å². The Hall–Kier alpha value is -2.88. The minimum Gasteiger partial charge on any atom is -0.463 e. The second-order valence-electron chi connectivity index (χ2n) is 5.43. The molecule has 27 heavy (non-hydrogen) atoms. The third-order valence-corrected chi connectivity index (χ3v) is 4.65. The predicted molar refractivity (Wildman–Crippen MR) is 97.0 cm³/mol. The third-order valence-electron chi connectivity index (χ3n) is 3.63. The van der Waals surface area contributed by atoms with Gasteiger partial charge in [0.15, 0.2) is 0 Å². The van der Waals surface area contributed by atoms with Gasteiger partial charge in [-0.2, -0.15) is 0 Å². The second-order valence-corrected chi connectivity index (χ2v) is 6.43. The molecule has 0 radical (unpaired) electrons. The molecule has 1 amide bonds. The summed E-state index contributed by atoms with van der Waals surface area (Å²) in [6.45, 7) is 3.28. The molecular formula is C17H18N2O7S. The molecule has 9 nitrogen and oxygen atoms in total. The fourth-order valence-electron chi connectivity index (χ4n) is 2.43. The van der Waals surface area contributed by atoms with E-state index in [2.05, 4.69) is 0 Å². The molecule has 1 heterocycles. The van der Waals surface area contributed by atoms with Gasteiger partial charge in [0.25, 0.3) is 5.69 Å². The number of amides is 1. The summed E-state index contributed by atoms with van der Waals surface area (Å²) in [5, 5.41) is 11.6. The number of para-hydroxylation sites is 1. The maximum Gasteiger partial charge on any atom is 0.345 e. The van der Waals surface area contributed by atoms with Crippen LogP contribution in [-0.2, 0) is 19.1 Å². The molecule has 144 valence electrons. The van der Waals surface area contributed by atoms with Crippen LogP contribution in [0.5, 0.6) is 0 Å². The molecule has 0 spiro atoms. The van der Waals surface area contributed by atoms with Crippen molar-refractivity contribution in [1.29, 1.82) is 0 Å². The summed E-state index contributed by atoms with van der Waals surface area (Å²) in [4.78, 5) is 47.5. The fraction of sp³-hybridized carbons (Fsp3) is 0.353. The highest BCUT2D eigenvalue weighted by Gasteiger charge is 2.28. The topological polar surface area (TPSA) is 116 Å². The molecule has 0 atom stereocenters. The number of carbonyl (C=O) groups is 3. The van der Waals surface area contributed by atoms with Crippen molar-refractivity contribution in [3.8, 4) is 0 Å². The van der Waals surface area contributed by atoms with Gasteiger partial charge in [-0.1, -0.05) is 23.9 Å². The van der Waals surface area contributed by atoms with E-state index in [1.165, 1.54) is 47.9 Å². The Morgan fingerprint density at radius 3 is 2.78 bits per heavy atom. The number of esters is 2. The Kier molecular flexibility index (Phi) is 6.94. The number of benzene rings is 1. The molecule has 1 aliphatic rings. The van der Waals surface area contributed by atoms with Crippen molar-refractivity contribution in [3.63, 3.8) is 0 Å². The summed E-state index contributed by atoms with van der Waals surface area (Å²) >= 11 is 1.18. The lowest BCUT2D eigenvalue weighted by molar-refractivity contribution is -0.385. The number of carbonyl (C=O) groups excluding carboxylic acids is 3. The molecule has 1 aliphatic heterocycles. The highest BCUT2D eigenvalue weighted by atomic mass is 32.2. The lowest BCUT2D eigenvalue weighted by Gasteiger charge is -2.16. The van der Waals surface area contributed by atoms with E-state index < -0.39 is 16.9 Å². The van der Waals surface area contributed by atoms with Crippen molar-refractivity contribution < 1.29 is 28.8 Å². The van der Waals surface area contributed by atoms with Crippen LogP contribution in [0.15, 0.2) is 29.3 Å². The van der Waals surface area contributed by atoms with Crippen molar-refractivity contribution in [1.82, 2.24) is 4.90 Å². The first-order chi connectivity index (χ1) is 12.8. The number of hydrogen-bond donors (Lipinski definition) is 0. The second kappa shape index (κ2) is 9.17. The zero-order valence-electron chi connectivity index (χ0n) is 14.8. The number of rotatable bonds is 7. The van der Waals surface area contributed by atoms with Crippen LogP contribution in [0.25, 0.3) is 0 Å². The van der Waals surface area contributed by atoms with Crippen molar-refractivity contribution >= 4 is 35.3 Å². The highest BCUT2D eigenvalue weighted by molar-refractivity contribution is 8.04. The number of aryl methyl sites for hydroxylation is 1. The molecular weight excluding hydrogens is 376 g/mol. The maximum absolute atomic E-state index is 12.2. The molecule has 0 bridgehead atoms. The van der Waals surface area contributed by atoms with Gasteiger partial charge in [0, 0.05) is 5.56 Å². The van der Waals surface area contributed by atoms with E-state index >= 15 is 0 Å². The van der Waals surface area contributed by atoms with Crippen LogP contribution in [-0.4, -0.2) is 53.2 Å². The quantitative estimate of drug-likeness (QED) is 0.299. The average Bonchev–Trinajstić information content (AvgIpc) is 2.94. The molecule has 1 fully saturated rings. The molecule has 1 saturated heterocycles. The van der Waals surface area contributed by atoms with E-state index in [0.29, 0.717) is 10.6 Å². The highest BCUT2D eigenvalue weighted by Crippen LogP contribution is 2.28. The first kappa shape index (κ1) is 20.4. The normalized spacial score (nSPS) is 15.1. The summed E-state index contributed by atoms with van der Waals surface area (Å²) in [6.07, 6.45) is 1.21. The number of thioether (sulfide) groups is 1. The Morgan fingerprint density at radius 1 is 1.37 bits per heavy atom. The predicted octanol–water partition coefficient (Wildman–Crippen LogP) is 2.04. The fourth-order valence-corrected chi connectivity index (χ4v) is 3.38. The first-order valence-electron chi connectivity index (χ1n) is 8.07. The molecule has 0 unspecified atom stereocenters. The van der Waals surface area contributed by atoms with E-state index in [1.807, 2.05) is 0 Å². The molecule has 2 rings (SSSR count). The number of nitro benzene ring substituents is 1. The van der Waals surface area contributed by atoms with E-state index in [1.54, 1.807) is 6.92 Å². The van der Waals surface area contributed by atoms with Crippen LogP contribution in [0.3, 0.4) is 0 Å². The molecule has 0 aromatic heterocycles. The molecule has 10 heteroatoms. The van der Waals surface area contributed by atoms with Gasteiger partial charge in [-0.05, 0) is 19.9 Å². The lowest BCUT2D eigenvalue weighted by Crippen LogP contribution is -2.29. The summed E-state index contributed by atoms with van der Waals surface area (Å²) in [6, 6.07) is 4.37. The van der Waals surface area contributed by atoms with Gasteiger partial charge in [-0.25, -0.2) is 9.59 Å². The first-order valence-corrected chi connectivity index (χ1v) is 9.06. The van der Waals surface area contributed by atoms with Gasteiger partial charge in [0.05, 0.1) is 34.9 Å². The molecule has 0 aliphatic carbocycles. The van der Waals surface area contributed by atoms with E-state index in [9.17, 15) is 24.5 Å². The summed E-state index contributed by atoms with van der Waals surface area (Å²) < 4.78 is 9.91. The molecule has 0 saturated carbocycles. The third kappa shape index (κ3) is 5.07. The summed E-state index contributed by atoms with van der Waals surface area (Å²) in [5.41, 5.74) is -0.108. The van der Waals surface area contributed by atoms with Gasteiger partial charge in [-0.3, -0.25) is 14.9 Å². The van der Waals surface area contributed by atoms with Crippen molar-refractivity contribution in [3.05, 3.63) is 50.5 Å². The van der Waals surface area contributed by atoms with Crippen LogP contribution in [0.4, 0.5) is 5.69 Å². The van der Waals surface area contributed by atoms with Gasteiger partial charge in [0.1, 0.15) is 12.2 Å². The standard InChI is InChI=1S/C17H18N2O7S/c1-3-25-15(21)9-14-18(13(20)10-27-14)7-8-26-17(22)12-6-4-5-11(2)16(12)19(23)24/h4-6,9H,3,7-8,10H2,1-2H3/b14-9-. The van der Waals surface area contributed by atoms with E-state index in [-0.39, 0.29) is 42.7 Å². The maximum atomic E-state index is 12.2. The molecule has 1 aromatic carbocycles. The number of hydrogen-bond acceptors (Lipinski definition) is 8. The van der Waals surface area contributed by atoms with Gasteiger partial charge in [0.2, 0.25) is 5.91 Å².